The zero-order valence-corrected chi connectivity index (χ0v) is 12.6. The minimum absolute atomic E-state index is 0.489. The average Bonchev–Trinajstić information content (AvgIpc) is 2.94. The van der Waals surface area contributed by atoms with Crippen molar-refractivity contribution in [2.24, 2.45) is 10.7 Å². The van der Waals surface area contributed by atoms with Crippen LogP contribution in [-0.4, -0.2) is 24.0 Å². The SMILES string of the molecule is NC(=NCCc1cccs1)NCCc1ccc(Cl)nc1. The second-order valence-corrected chi connectivity index (χ2v) is 5.68. The second-order valence-electron chi connectivity index (χ2n) is 4.26. The van der Waals surface area contributed by atoms with E-state index in [4.69, 9.17) is 17.3 Å². The largest absolute Gasteiger partial charge is 0.370 e. The Morgan fingerprint density at radius 1 is 1.35 bits per heavy atom. The molecule has 0 aliphatic heterocycles. The van der Waals surface area contributed by atoms with Gasteiger partial charge in [-0.2, -0.15) is 0 Å². The quantitative estimate of drug-likeness (QED) is 0.489. The van der Waals surface area contributed by atoms with Gasteiger partial charge in [-0.3, -0.25) is 4.99 Å². The summed E-state index contributed by atoms with van der Waals surface area (Å²) in [4.78, 5) is 9.66. The number of guanidine groups is 1. The van der Waals surface area contributed by atoms with Crippen LogP contribution in [0.5, 0.6) is 0 Å². The van der Waals surface area contributed by atoms with Crippen molar-refractivity contribution in [3.05, 3.63) is 51.4 Å². The van der Waals surface area contributed by atoms with E-state index in [0.717, 1.165) is 24.9 Å². The highest BCUT2D eigenvalue weighted by Crippen LogP contribution is 2.08. The van der Waals surface area contributed by atoms with Crippen molar-refractivity contribution in [1.29, 1.82) is 0 Å². The molecule has 0 atom stereocenters. The Kier molecular flexibility index (Phi) is 5.83. The third-order valence-electron chi connectivity index (χ3n) is 2.73. The number of hydrogen-bond acceptors (Lipinski definition) is 3. The van der Waals surface area contributed by atoms with Gasteiger partial charge < -0.3 is 11.1 Å². The molecule has 0 saturated carbocycles. The molecule has 0 aliphatic rings. The number of nitrogens with two attached hydrogens (primary N) is 1. The molecule has 20 heavy (non-hydrogen) atoms. The van der Waals surface area contributed by atoms with E-state index in [1.165, 1.54) is 4.88 Å². The molecule has 0 saturated heterocycles. The number of aliphatic imine (C=N–C) groups is 1. The van der Waals surface area contributed by atoms with Crippen LogP contribution in [0.3, 0.4) is 0 Å². The third-order valence-corrected chi connectivity index (χ3v) is 3.89. The zero-order chi connectivity index (χ0) is 14.2. The van der Waals surface area contributed by atoms with E-state index < -0.39 is 0 Å². The highest BCUT2D eigenvalue weighted by atomic mass is 35.5. The molecule has 0 spiro atoms. The topological polar surface area (TPSA) is 63.3 Å². The fourth-order valence-electron chi connectivity index (χ4n) is 1.69. The van der Waals surface area contributed by atoms with Crippen LogP contribution >= 0.6 is 22.9 Å². The van der Waals surface area contributed by atoms with Gasteiger partial charge in [0.2, 0.25) is 0 Å². The Hall–Kier alpha value is -1.59. The number of hydrogen-bond donors (Lipinski definition) is 2. The molecule has 4 nitrogen and oxygen atoms in total. The molecule has 3 N–H and O–H groups in total. The summed E-state index contributed by atoms with van der Waals surface area (Å²) >= 11 is 7.47. The van der Waals surface area contributed by atoms with Crippen LogP contribution in [0.15, 0.2) is 40.8 Å². The van der Waals surface area contributed by atoms with Crippen molar-refractivity contribution in [1.82, 2.24) is 10.3 Å². The lowest BCUT2D eigenvalue weighted by Gasteiger charge is -2.05. The number of nitrogens with zero attached hydrogens (tertiary/aromatic N) is 2. The van der Waals surface area contributed by atoms with Gasteiger partial charge in [-0.05, 0) is 29.5 Å². The first-order valence-corrected chi connectivity index (χ1v) is 7.66. The maximum absolute atomic E-state index is 5.81. The minimum Gasteiger partial charge on any atom is -0.370 e. The van der Waals surface area contributed by atoms with Crippen molar-refractivity contribution >= 4 is 28.9 Å². The Bertz CT molecular complexity index is 537. The van der Waals surface area contributed by atoms with Gasteiger partial charge in [-0.1, -0.05) is 23.7 Å². The smallest absolute Gasteiger partial charge is 0.188 e. The van der Waals surface area contributed by atoms with E-state index in [9.17, 15) is 0 Å². The molecule has 0 fully saturated rings. The molecule has 0 unspecified atom stereocenters. The Morgan fingerprint density at radius 3 is 2.95 bits per heavy atom. The number of rotatable bonds is 6. The van der Waals surface area contributed by atoms with Gasteiger partial charge in [0.25, 0.3) is 0 Å². The number of nitrogens with one attached hydrogen (secondary N) is 1. The van der Waals surface area contributed by atoms with E-state index in [2.05, 4.69) is 26.7 Å². The molecule has 2 aromatic rings. The van der Waals surface area contributed by atoms with Gasteiger partial charge in [0, 0.05) is 30.6 Å². The molecular weight excluding hydrogens is 292 g/mol. The van der Waals surface area contributed by atoms with Crippen LogP contribution in [-0.2, 0) is 12.8 Å². The van der Waals surface area contributed by atoms with Crippen LogP contribution in [0.2, 0.25) is 5.15 Å². The summed E-state index contributed by atoms with van der Waals surface area (Å²) in [7, 11) is 0. The number of pyridine rings is 1. The Labute approximate surface area is 127 Å². The first kappa shape index (κ1) is 14.8. The van der Waals surface area contributed by atoms with Crippen LogP contribution in [0, 0.1) is 0 Å². The minimum atomic E-state index is 0.489. The lowest BCUT2D eigenvalue weighted by atomic mass is 10.2. The van der Waals surface area contributed by atoms with Crippen molar-refractivity contribution in [2.45, 2.75) is 12.8 Å². The lowest BCUT2D eigenvalue weighted by molar-refractivity contribution is 0.842. The van der Waals surface area contributed by atoms with Crippen LogP contribution in [0.25, 0.3) is 0 Å². The van der Waals surface area contributed by atoms with E-state index in [0.29, 0.717) is 17.7 Å². The van der Waals surface area contributed by atoms with Gasteiger partial charge in [-0.25, -0.2) is 4.98 Å². The Morgan fingerprint density at radius 2 is 2.25 bits per heavy atom. The lowest BCUT2D eigenvalue weighted by Crippen LogP contribution is -2.33. The Balaban J connectivity index is 1.66. The van der Waals surface area contributed by atoms with Crippen LogP contribution in [0.1, 0.15) is 10.4 Å². The summed E-state index contributed by atoms with van der Waals surface area (Å²) in [6.07, 6.45) is 3.54. The third kappa shape index (κ3) is 5.19. The molecule has 0 amide bonds. The molecule has 2 rings (SSSR count). The summed E-state index contributed by atoms with van der Waals surface area (Å²) < 4.78 is 0. The summed E-state index contributed by atoms with van der Waals surface area (Å²) in [6.45, 7) is 1.44. The van der Waals surface area contributed by atoms with Gasteiger partial charge >= 0.3 is 0 Å². The number of halogens is 1. The van der Waals surface area contributed by atoms with E-state index in [1.54, 1.807) is 23.6 Å². The fourth-order valence-corrected chi connectivity index (χ4v) is 2.50. The summed E-state index contributed by atoms with van der Waals surface area (Å²) in [6, 6.07) is 7.90. The fraction of sp³-hybridized carbons (Fsp3) is 0.286. The van der Waals surface area contributed by atoms with Crippen molar-refractivity contribution in [3.8, 4) is 0 Å². The number of thiophene rings is 1. The molecule has 2 aromatic heterocycles. The van der Waals surface area contributed by atoms with Gasteiger partial charge in [0.15, 0.2) is 5.96 Å². The van der Waals surface area contributed by atoms with Gasteiger partial charge in [0.05, 0.1) is 0 Å². The first-order valence-electron chi connectivity index (χ1n) is 6.40. The van der Waals surface area contributed by atoms with Crippen LogP contribution < -0.4 is 11.1 Å². The normalized spacial score (nSPS) is 11.6. The van der Waals surface area contributed by atoms with E-state index >= 15 is 0 Å². The van der Waals surface area contributed by atoms with Gasteiger partial charge in [-0.15, -0.1) is 11.3 Å². The molecule has 106 valence electrons. The molecule has 0 radical (unpaired) electrons. The molecule has 0 bridgehead atoms. The molecule has 0 aliphatic carbocycles. The van der Waals surface area contributed by atoms with Crippen molar-refractivity contribution in [3.63, 3.8) is 0 Å². The van der Waals surface area contributed by atoms with Gasteiger partial charge in [0.1, 0.15) is 5.15 Å². The van der Waals surface area contributed by atoms with Crippen molar-refractivity contribution in [2.75, 3.05) is 13.1 Å². The van der Waals surface area contributed by atoms with E-state index in [1.807, 2.05) is 12.1 Å². The monoisotopic (exact) mass is 308 g/mol. The van der Waals surface area contributed by atoms with Crippen LogP contribution in [0.4, 0.5) is 0 Å². The molecule has 6 heteroatoms. The predicted molar refractivity (Wildman–Crippen MR) is 85.5 cm³/mol. The van der Waals surface area contributed by atoms with E-state index in [-0.39, 0.29) is 0 Å². The number of aromatic nitrogens is 1. The standard InChI is InChI=1S/C14H17ClN4S/c15-13-4-3-11(10-19-13)5-7-17-14(16)18-8-6-12-2-1-9-20-12/h1-4,9-10H,5-8H2,(H3,16,17,18). The molecule has 0 aromatic carbocycles. The average molecular weight is 309 g/mol. The zero-order valence-electron chi connectivity index (χ0n) is 11.1. The first-order chi connectivity index (χ1) is 9.74. The summed E-state index contributed by atoms with van der Waals surface area (Å²) in [5, 5.41) is 5.68. The highest BCUT2D eigenvalue weighted by molar-refractivity contribution is 7.09. The molecular formula is C14H17ClN4S. The second kappa shape index (κ2) is 7.87. The molecule has 2 heterocycles. The predicted octanol–water partition coefficient (Wildman–Crippen LogP) is 2.49. The maximum atomic E-state index is 5.81. The highest BCUT2D eigenvalue weighted by Gasteiger charge is 1.96. The summed E-state index contributed by atoms with van der Waals surface area (Å²) in [5.41, 5.74) is 6.93. The maximum Gasteiger partial charge on any atom is 0.188 e. The summed E-state index contributed by atoms with van der Waals surface area (Å²) in [5.74, 6) is 0.489. The van der Waals surface area contributed by atoms with Crippen molar-refractivity contribution < 1.29 is 0 Å².